The number of rotatable bonds is 4. The number of benzene rings is 2. The van der Waals surface area contributed by atoms with Crippen LogP contribution < -0.4 is 0 Å². The maximum atomic E-state index is 13.5. The summed E-state index contributed by atoms with van der Waals surface area (Å²) in [5.74, 6) is -1.80. The Balaban J connectivity index is 2.52. The first-order valence-electron chi connectivity index (χ1n) is 7.57. The quantitative estimate of drug-likeness (QED) is 0.365. The van der Waals surface area contributed by atoms with E-state index >= 15 is 0 Å². The van der Waals surface area contributed by atoms with E-state index < -0.39 is 47.0 Å². The standard InChI is InChI=1S/C18H9Cl3F6O2/c19-13-6-9(7-14(20)15(13)21)11(17(22,23)24)4-2-8-1-3-10(16(28)29)12(5-8)18(25,26)27/h1,3-7H,2H2,(H,28,29)/b11-4+. The van der Waals surface area contributed by atoms with Crippen molar-refractivity contribution in [2.75, 3.05) is 0 Å². The van der Waals surface area contributed by atoms with E-state index in [9.17, 15) is 31.1 Å². The van der Waals surface area contributed by atoms with Gasteiger partial charge >= 0.3 is 18.3 Å². The van der Waals surface area contributed by atoms with Crippen LogP contribution in [0.3, 0.4) is 0 Å². The molecule has 0 unspecified atom stereocenters. The number of carbonyl (C=O) groups is 1. The van der Waals surface area contributed by atoms with Gasteiger partial charge in [-0.2, -0.15) is 26.3 Å². The molecule has 2 nitrogen and oxygen atoms in total. The predicted molar refractivity (Wildman–Crippen MR) is 97.6 cm³/mol. The first kappa shape index (κ1) is 23.4. The third-order valence-corrected chi connectivity index (χ3v) is 4.96. The Hall–Kier alpha value is -1.90. The van der Waals surface area contributed by atoms with Crippen LogP contribution in [0.4, 0.5) is 26.3 Å². The average Bonchev–Trinajstić information content (AvgIpc) is 2.57. The van der Waals surface area contributed by atoms with Crippen LogP contribution in [0.5, 0.6) is 0 Å². The molecule has 0 amide bonds. The van der Waals surface area contributed by atoms with E-state index in [1.54, 1.807) is 0 Å². The normalized spacial score (nSPS) is 12.9. The SMILES string of the molecule is O=C(O)c1ccc(C/C=C(\c2cc(Cl)c(Cl)c(Cl)c2)C(F)(F)F)cc1C(F)(F)F. The van der Waals surface area contributed by atoms with Gasteiger partial charge in [-0.25, -0.2) is 4.79 Å². The second-order valence-corrected chi connectivity index (χ2v) is 6.95. The lowest BCUT2D eigenvalue weighted by Gasteiger charge is -2.15. The molecule has 0 fully saturated rings. The number of hydrogen-bond donors (Lipinski definition) is 1. The summed E-state index contributed by atoms with van der Waals surface area (Å²) in [6.45, 7) is 0. The molecule has 2 rings (SSSR count). The van der Waals surface area contributed by atoms with Gasteiger partial charge in [0.2, 0.25) is 0 Å². The molecule has 0 aliphatic carbocycles. The summed E-state index contributed by atoms with van der Waals surface area (Å²) in [5.41, 5.74) is -4.24. The van der Waals surface area contributed by atoms with Crippen molar-refractivity contribution in [2.24, 2.45) is 0 Å². The largest absolute Gasteiger partial charge is 0.478 e. The number of aromatic carboxylic acids is 1. The molecule has 29 heavy (non-hydrogen) atoms. The van der Waals surface area contributed by atoms with Gasteiger partial charge in [-0.3, -0.25) is 0 Å². The predicted octanol–water partition coefficient (Wildman–Crippen LogP) is 7.55. The fourth-order valence-corrected chi connectivity index (χ4v) is 3.06. The summed E-state index contributed by atoms with van der Waals surface area (Å²) in [7, 11) is 0. The van der Waals surface area contributed by atoms with Crippen LogP contribution in [0.1, 0.15) is 27.0 Å². The number of allylic oxidation sites excluding steroid dienone is 2. The van der Waals surface area contributed by atoms with Crippen molar-refractivity contribution in [2.45, 2.75) is 18.8 Å². The van der Waals surface area contributed by atoms with Gasteiger partial charge in [0.25, 0.3) is 0 Å². The van der Waals surface area contributed by atoms with Crippen molar-refractivity contribution in [1.82, 2.24) is 0 Å². The monoisotopic (exact) mass is 476 g/mol. The van der Waals surface area contributed by atoms with Crippen LogP contribution in [0.2, 0.25) is 15.1 Å². The van der Waals surface area contributed by atoms with Crippen molar-refractivity contribution < 1.29 is 36.2 Å². The average molecular weight is 478 g/mol. The van der Waals surface area contributed by atoms with Crippen LogP contribution in [-0.2, 0) is 12.6 Å². The van der Waals surface area contributed by atoms with Crippen LogP contribution in [0.15, 0.2) is 36.4 Å². The summed E-state index contributed by atoms with van der Waals surface area (Å²) in [6.07, 6.45) is -9.76. The molecule has 0 saturated carbocycles. The van der Waals surface area contributed by atoms with Crippen LogP contribution in [0, 0.1) is 0 Å². The molecular weight excluding hydrogens is 469 g/mol. The first-order chi connectivity index (χ1) is 13.2. The van der Waals surface area contributed by atoms with Crippen LogP contribution in [-0.4, -0.2) is 17.3 Å². The zero-order valence-corrected chi connectivity index (χ0v) is 16.2. The summed E-state index contributed by atoms with van der Waals surface area (Å²) in [5, 5.41) is 8.28. The Labute approximate surface area is 175 Å². The van der Waals surface area contributed by atoms with Gasteiger partial charge in [0, 0.05) is 0 Å². The maximum absolute atomic E-state index is 13.5. The molecule has 0 bridgehead atoms. The molecule has 2 aromatic carbocycles. The van der Waals surface area contributed by atoms with Gasteiger partial charge in [-0.1, -0.05) is 46.9 Å². The van der Waals surface area contributed by atoms with Crippen molar-refractivity contribution in [3.05, 3.63) is 73.7 Å². The minimum absolute atomic E-state index is 0.141. The number of carboxylic acid groups (broad SMARTS) is 1. The highest BCUT2D eigenvalue weighted by Crippen LogP contribution is 2.40. The molecule has 11 heteroatoms. The lowest BCUT2D eigenvalue weighted by molar-refractivity contribution is -0.138. The molecule has 0 aliphatic heterocycles. The molecule has 0 saturated heterocycles. The van der Waals surface area contributed by atoms with E-state index in [0.29, 0.717) is 18.2 Å². The zero-order valence-electron chi connectivity index (χ0n) is 13.9. The number of hydrogen-bond acceptors (Lipinski definition) is 1. The van der Waals surface area contributed by atoms with Gasteiger partial charge < -0.3 is 5.11 Å². The van der Waals surface area contributed by atoms with E-state index in [1.165, 1.54) is 0 Å². The third kappa shape index (κ3) is 5.58. The lowest BCUT2D eigenvalue weighted by atomic mass is 9.99. The third-order valence-electron chi connectivity index (χ3n) is 3.76. The van der Waals surface area contributed by atoms with Gasteiger partial charge in [0.05, 0.1) is 31.8 Å². The van der Waals surface area contributed by atoms with Gasteiger partial charge in [0.15, 0.2) is 0 Å². The maximum Gasteiger partial charge on any atom is 0.417 e. The topological polar surface area (TPSA) is 37.3 Å². The fraction of sp³-hybridized carbons (Fsp3) is 0.167. The number of halogens is 9. The number of alkyl halides is 6. The smallest absolute Gasteiger partial charge is 0.417 e. The molecule has 0 radical (unpaired) electrons. The lowest BCUT2D eigenvalue weighted by Crippen LogP contribution is -2.14. The summed E-state index contributed by atoms with van der Waals surface area (Å²) in [4.78, 5) is 11.0. The fourth-order valence-electron chi connectivity index (χ4n) is 2.47. The molecule has 0 aliphatic rings. The van der Waals surface area contributed by atoms with Gasteiger partial charge in [0.1, 0.15) is 0 Å². The van der Waals surface area contributed by atoms with Gasteiger partial charge in [-0.05, 0) is 41.8 Å². The Bertz CT molecular complexity index is 958. The molecule has 2 aromatic rings. The van der Waals surface area contributed by atoms with Crippen LogP contribution >= 0.6 is 34.8 Å². The van der Waals surface area contributed by atoms with E-state index in [1.807, 2.05) is 0 Å². The van der Waals surface area contributed by atoms with E-state index in [4.69, 9.17) is 39.9 Å². The Morgan fingerprint density at radius 1 is 0.966 bits per heavy atom. The van der Waals surface area contributed by atoms with E-state index in [0.717, 1.165) is 18.2 Å². The van der Waals surface area contributed by atoms with E-state index in [2.05, 4.69) is 0 Å². The molecule has 0 atom stereocenters. The minimum atomic E-state index is -4.99. The summed E-state index contributed by atoms with van der Waals surface area (Å²) in [6, 6.07) is 4.06. The molecule has 0 aromatic heterocycles. The Morgan fingerprint density at radius 2 is 1.52 bits per heavy atom. The molecule has 1 N–H and O–H groups in total. The second-order valence-electron chi connectivity index (χ2n) is 5.76. The number of carboxylic acids is 1. The molecule has 0 heterocycles. The van der Waals surface area contributed by atoms with Crippen molar-refractivity contribution >= 4 is 46.3 Å². The highest BCUT2D eigenvalue weighted by atomic mass is 35.5. The minimum Gasteiger partial charge on any atom is -0.478 e. The Kier molecular flexibility index (Phi) is 6.82. The highest BCUT2D eigenvalue weighted by Gasteiger charge is 2.36. The highest BCUT2D eigenvalue weighted by molar-refractivity contribution is 6.48. The van der Waals surface area contributed by atoms with Crippen molar-refractivity contribution in [1.29, 1.82) is 0 Å². The van der Waals surface area contributed by atoms with Crippen molar-refractivity contribution in [3.8, 4) is 0 Å². The molecule has 0 spiro atoms. The Morgan fingerprint density at radius 3 is 1.97 bits per heavy atom. The summed E-state index contributed by atoms with van der Waals surface area (Å²) < 4.78 is 79.6. The van der Waals surface area contributed by atoms with Crippen LogP contribution in [0.25, 0.3) is 5.57 Å². The van der Waals surface area contributed by atoms with Crippen molar-refractivity contribution in [3.63, 3.8) is 0 Å². The zero-order chi connectivity index (χ0) is 22.1. The second kappa shape index (κ2) is 8.45. The molecular formula is C18H9Cl3F6O2. The van der Waals surface area contributed by atoms with E-state index in [-0.39, 0.29) is 20.6 Å². The summed E-state index contributed by atoms with van der Waals surface area (Å²) >= 11 is 17.2. The first-order valence-corrected chi connectivity index (χ1v) is 8.71. The van der Waals surface area contributed by atoms with Gasteiger partial charge in [-0.15, -0.1) is 0 Å². The molecule has 156 valence electrons.